The first-order valence-electron chi connectivity index (χ1n) is 7.46. The molecule has 2 N–H and O–H groups in total. The van der Waals surface area contributed by atoms with Crippen LogP contribution in [0.5, 0.6) is 0 Å². The van der Waals surface area contributed by atoms with Crippen LogP contribution < -0.4 is 10.6 Å². The first kappa shape index (κ1) is 18.4. The number of thioether (sulfide) groups is 1. The van der Waals surface area contributed by atoms with E-state index in [0.29, 0.717) is 22.0 Å². The summed E-state index contributed by atoms with van der Waals surface area (Å²) in [4.78, 5) is 24.5. The van der Waals surface area contributed by atoms with Gasteiger partial charge in [-0.2, -0.15) is 0 Å². The lowest BCUT2D eigenvalue weighted by molar-refractivity contribution is -0.113. The number of amides is 2. The van der Waals surface area contributed by atoms with E-state index in [9.17, 15) is 9.59 Å². The van der Waals surface area contributed by atoms with Crippen LogP contribution in [0.25, 0.3) is 0 Å². The van der Waals surface area contributed by atoms with Crippen molar-refractivity contribution in [2.24, 2.45) is 0 Å². The van der Waals surface area contributed by atoms with Gasteiger partial charge < -0.3 is 10.6 Å². The van der Waals surface area contributed by atoms with Gasteiger partial charge in [0.2, 0.25) is 5.91 Å². The molecule has 0 atom stereocenters. The summed E-state index contributed by atoms with van der Waals surface area (Å²) in [5.41, 5.74) is 3.13. The third-order valence-corrected chi connectivity index (χ3v) is 5.33. The Morgan fingerprint density at radius 2 is 1.73 bits per heavy atom. The van der Waals surface area contributed by atoms with Crippen LogP contribution in [0.4, 0.5) is 11.4 Å². The standard InChI is InChI=1S/C17H13ClN4O2S2/c18-12-7-5-11(6-8-12)16(24)21-14-4-2-1-3-13(14)20-15(23)9-25-17-22-19-10-26-17/h1-8,10H,9H2,(H,20,23)(H,21,24). The zero-order chi connectivity index (χ0) is 18.4. The number of hydrogen-bond acceptors (Lipinski definition) is 6. The maximum Gasteiger partial charge on any atom is 0.255 e. The predicted molar refractivity (Wildman–Crippen MR) is 105 cm³/mol. The molecule has 9 heteroatoms. The number of para-hydroxylation sites is 2. The number of nitrogens with one attached hydrogen (secondary N) is 2. The average Bonchev–Trinajstić information content (AvgIpc) is 3.16. The molecule has 0 saturated carbocycles. The van der Waals surface area contributed by atoms with Crippen molar-refractivity contribution in [3.8, 4) is 0 Å². The van der Waals surface area contributed by atoms with Crippen molar-refractivity contribution in [1.29, 1.82) is 0 Å². The molecule has 2 aromatic carbocycles. The fourth-order valence-electron chi connectivity index (χ4n) is 2.04. The molecule has 0 aliphatic heterocycles. The molecule has 0 unspecified atom stereocenters. The Labute approximate surface area is 163 Å². The maximum atomic E-state index is 12.4. The number of hydrogen-bond donors (Lipinski definition) is 2. The molecular formula is C17H13ClN4O2S2. The van der Waals surface area contributed by atoms with E-state index in [-0.39, 0.29) is 17.6 Å². The van der Waals surface area contributed by atoms with Crippen LogP contribution in [0, 0.1) is 0 Å². The van der Waals surface area contributed by atoms with E-state index in [1.165, 1.54) is 23.1 Å². The topological polar surface area (TPSA) is 84.0 Å². The summed E-state index contributed by atoms with van der Waals surface area (Å²) in [6.07, 6.45) is 0. The normalized spacial score (nSPS) is 10.3. The lowest BCUT2D eigenvalue weighted by Gasteiger charge is -2.12. The monoisotopic (exact) mass is 404 g/mol. The SMILES string of the molecule is O=C(CSc1nncs1)Nc1ccccc1NC(=O)c1ccc(Cl)cc1. The lowest BCUT2D eigenvalue weighted by atomic mass is 10.2. The first-order valence-corrected chi connectivity index (χ1v) is 9.71. The van der Waals surface area contributed by atoms with Crippen LogP contribution >= 0.6 is 34.7 Å². The highest BCUT2D eigenvalue weighted by Gasteiger charge is 2.12. The number of nitrogens with zero attached hydrogens (tertiary/aromatic N) is 2. The van der Waals surface area contributed by atoms with Crippen LogP contribution in [0.3, 0.4) is 0 Å². The van der Waals surface area contributed by atoms with Gasteiger partial charge in [-0.3, -0.25) is 9.59 Å². The van der Waals surface area contributed by atoms with Crippen LogP contribution in [-0.4, -0.2) is 27.8 Å². The van der Waals surface area contributed by atoms with Gasteiger partial charge in [0.15, 0.2) is 4.34 Å². The van der Waals surface area contributed by atoms with E-state index in [2.05, 4.69) is 20.8 Å². The Morgan fingerprint density at radius 3 is 2.38 bits per heavy atom. The minimum absolute atomic E-state index is 0.196. The van der Waals surface area contributed by atoms with Crippen molar-refractivity contribution in [3.05, 3.63) is 64.6 Å². The number of carbonyl (C=O) groups excluding carboxylic acids is 2. The van der Waals surface area contributed by atoms with Gasteiger partial charge in [0, 0.05) is 10.6 Å². The summed E-state index contributed by atoms with van der Waals surface area (Å²) in [6, 6.07) is 13.6. The molecule has 0 fully saturated rings. The number of benzene rings is 2. The first-order chi connectivity index (χ1) is 12.6. The molecule has 0 saturated heterocycles. The van der Waals surface area contributed by atoms with Gasteiger partial charge in [-0.15, -0.1) is 10.2 Å². The second-order valence-electron chi connectivity index (χ2n) is 5.05. The highest BCUT2D eigenvalue weighted by molar-refractivity contribution is 8.01. The Morgan fingerprint density at radius 1 is 1.04 bits per heavy atom. The number of rotatable bonds is 6. The molecular weight excluding hydrogens is 392 g/mol. The van der Waals surface area contributed by atoms with Crippen LogP contribution in [0.2, 0.25) is 5.02 Å². The highest BCUT2D eigenvalue weighted by Crippen LogP contribution is 2.24. The Hall–Kier alpha value is -2.42. The number of carbonyl (C=O) groups is 2. The van der Waals surface area contributed by atoms with Gasteiger partial charge >= 0.3 is 0 Å². The number of anilines is 2. The van der Waals surface area contributed by atoms with Crippen LogP contribution in [0.15, 0.2) is 58.4 Å². The number of aromatic nitrogens is 2. The molecule has 132 valence electrons. The molecule has 0 bridgehead atoms. The highest BCUT2D eigenvalue weighted by atomic mass is 35.5. The van der Waals surface area contributed by atoms with Crippen molar-refractivity contribution >= 4 is 57.9 Å². The second kappa shape index (κ2) is 8.79. The molecule has 3 aromatic rings. The van der Waals surface area contributed by atoms with E-state index in [1.807, 2.05) is 0 Å². The largest absolute Gasteiger partial charge is 0.324 e. The third-order valence-electron chi connectivity index (χ3n) is 3.22. The summed E-state index contributed by atoms with van der Waals surface area (Å²) < 4.78 is 0.726. The van der Waals surface area contributed by atoms with Crippen molar-refractivity contribution in [2.45, 2.75) is 4.34 Å². The zero-order valence-corrected chi connectivity index (χ0v) is 15.7. The summed E-state index contributed by atoms with van der Waals surface area (Å²) in [5.74, 6) is -0.278. The van der Waals surface area contributed by atoms with E-state index in [1.54, 1.807) is 54.0 Å². The van der Waals surface area contributed by atoms with Crippen LogP contribution in [-0.2, 0) is 4.79 Å². The summed E-state index contributed by atoms with van der Waals surface area (Å²) >= 11 is 8.52. The predicted octanol–water partition coefficient (Wildman–Crippen LogP) is 4.17. The smallest absolute Gasteiger partial charge is 0.255 e. The van der Waals surface area contributed by atoms with E-state index >= 15 is 0 Å². The van der Waals surface area contributed by atoms with Crippen molar-refractivity contribution in [2.75, 3.05) is 16.4 Å². The summed E-state index contributed by atoms with van der Waals surface area (Å²) in [5, 5.41) is 13.8. The quantitative estimate of drug-likeness (QED) is 0.602. The van der Waals surface area contributed by atoms with Gasteiger partial charge in [-0.25, -0.2) is 0 Å². The summed E-state index contributed by atoms with van der Waals surface area (Å²) in [6.45, 7) is 0. The average molecular weight is 405 g/mol. The van der Waals surface area contributed by atoms with Gasteiger partial charge in [-0.05, 0) is 36.4 Å². The lowest BCUT2D eigenvalue weighted by Crippen LogP contribution is -2.17. The van der Waals surface area contributed by atoms with E-state index in [4.69, 9.17) is 11.6 Å². The van der Waals surface area contributed by atoms with Gasteiger partial charge in [0.25, 0.3) is 5.91 Å². The van der Waals surface area contributed by atoms with Crippen LogP contribution in [0.1, 0.15) is 10.4 Å². The fourth-order valence-corrected chi connectivity index (χ4v) is 3.45. The minimum Gasteiger partial charge on any atom is -0.324 e. The Kier molecular flexibility index (Phi) is 6.21. The molecule has 0 aliphatic carbocycles. The van der Waals surface area contributed by atoms with Gasteiger partial charge in [0.05, 0.1) is 17.1 Å². The second-order valence-corrected chi connectivity index (χ2v) is 7.54. The van der Waals surface area contributed by atoms with Gasteiger partial charge in [0.1, 0.15) is 5.51 Å². The zero-order valence-electron chi connectivity index (χ0n) is 13.3. The van der Waals surface area contributed by atoms with Gasteiger partial charge in [-0.1, -0.05) is 46.8 Å². The molecule has 0 radical (unpaired) electrons. The molecule has 1 aromatic heterocycles. The third kappa shape index (κ3) is 5.04. The summed E-state index contributed by atoms with van der Waals surface area (Å²) in [7, 11) is 0. The number of halogens is 1. The molecule has 26 heavy (non-hydrogen) atoms. The molecule has 1 heterocycles. The Bertz CT molecular complexity index is 901. The minimum atomic E-state index is -0.286. The van der Waals surface area contributed by atoms with E-state index < -0.39 is 0 Å². The van der Waals surface area contributed by atoms with Crippen molar-refractivity contribution in [3.63, 3.8) is 0 Å². The maximum absolute atomic E-state index is 12.4. The molecule has 2 amide bonds. The van der Waals surface area contributed by atoms with Crippen molar-refractivity contribution < 1.29 is 9.59 Å². The molecule has 0 spiro atoms. The molecule has 0 aliphatic rings. The fraction of sp³-hybridized carbons (Fsp3) is 0.0588. The van der Waals surface area contributed by atoms with E-state index in [0.717, 1.165) is 4.34 Å². The molecule has 6 nitrogen and oxygen atoms in total. The molecule has 3 rings (SSSR count). The Balaban J connectivity index is 1.64. The van der Waals surface area contributed by atoms with Crippen molar-refractivity contribution in [1.82, 2.24) is 10.2 Å².